The van der Waals surface area contributed by atoms with Gasteiger partial charge in [-0.15, -0.1) is 0 Å². The molecule has 27 heavy (non-hydrogen) atoms. The van der Waals surface area contributed by atoms with Gasteiger partial charge in [-0.2, -0.15) is 0 Å². The highest BCUT2D eigenvalue weighted by atomic mass is 16.2. The summed E-state index contributed by atoms with van der Waals surface area (Å²) in [7, 11) is 0. The van der Waals surface area contributed by atoms with Gasteiger partial charge in [0, 0.05) is 32.0 Å². The Hall–Kier alpha value is -2.83. The first kappa shape index (κ1) is 18.9. The molecule has 7 nitrogen and oxygen atoms in total. The molecule has 0 aliphatic carbocycles. The maximum absolute atomic E-state index is 12.7. The first-order chi connectivity index (χ1) is 13.2. The summed E-state index contributed by atoms with van der Waals surface area (Å²) in [5, 5.41) is 2.80. The Bertz CT molecular complexity index is 732. The van der Waals surface area contributed by atoms with Crippen molar-refractivity contribution in [3.8, 4) is 0 Å². The van der Waals surface area contributed by atoms with E-state index in [9.17, 15) is 9.59 Å². The molecular weight excluding hydrogens is 342 g/mol. The molecule has 2 heterocycles. The SMILES string of the molecule is CCN(Cc1ccccc1)C(=O)CNC(=O)N1CCCCC1c1ncc[nH]1. The molecule has 0 saturated carbocycles. The van der Waals surface area contributed by atoms with E-state index in [1.54, 1.807) is 22.2 Å². The van der Waals surface area contributed by atoms with E-state index in [1.165, 1.54) is 0 Å². The minimum absolute atomic E-state index is 0.000875. The molecule has 1 aromatic heterocycles. The number of aromatic nitrogens is 2. The number of hydrogen-bond donors (Lipinski definition) is 2. The van der Waals surface area contributed by atoms with Crippen LogP contribution in [0.1, 0.15) is 43.6 Å². The lowest BCUT2D eigenvalue weighted by Crippen LogP contribution is -2.48. The summed E-state index contributed by atoms with van der Waals surface area (Å²) in [5.41, 5.74) is 1.08. The minimum Gasteiger partial charge on any atom is -0.347 e. The van der Waals surface area contributed by atoms with Crippen LogP contribution in [-0.2, 0) is 11.3 Å². The third-order valence-electron chi connectivity index (χ3n) is 4.94. The molecule has 144 valence electrons. The number of benzene rings is 1. The molecule has 1 fully saturated rings. The topological polar surface area (TPSA) is 81.3 Å². The Morgan fingerprint density at radius 3 is 2.81 bits per heavy atom. The molecule has 1 unspecified atom stereocenters. The van der Waals surface area contributed by atoms with Crippen LogP contribution < -0.4 is 5.32 Å². The molecule has 3 rings (SSSR count). The average Bonchev–Trinajstić information content (AvgIpc) is 3.25. The molecule has 3 amide bonds. The van der Waals surface area contributed by atoms with Gasteiger partial charge >= 0.3 is 6.03 Å². The molecule has 7 heteroatoms. The molecule has 2 aromatic rings. The number of carbonyl (C=O) groups is 2. The van der Waals surface area contributed by atoms with E-state index in [0.717, 1.165) is 30.7 Å². The van der Waals surface area contributed by atoms with Crippen LogP contribution in [0.15, 0.2) is 42.7 Å². The molecule has 1 aliphatic heterocycles. The van der Waals surface area contributed by atoms with Crippen LogP contribution in [0.25, 0.3) is 0 Å². The summed E-state index contributed by atoms with van der Waals surface area (Å²) >= 11 is 0. The number of likely N-dealkylation sites (tertiary alicyclic amines) is 1. The lowest BCUT2D eigenvalue weighted by Gasteiger charge is -2.34. The van der Waals surface area contributed by atoms with Gasteiger partial charge in [0.05, 0.1) is 12.6 Å². The van der Waals surface area contributed by atoms with E-state index in [1.807, 2.05) is 37.3 Å². The van der Waals surface area contributed by atoms with Crippen LogP contribution in [-0.4, -0.2) is 51.3 Å². The van der Waals surface area contributed by atoms with Gasteiger partial charge in [0.2, 0.25) is 5.91 Å². The van der Waals surface area contributed by atoms with Crippen molar-refractivity contribution in [3.05, 3.63) is 54.1 Å². The summed E-state index contributed by atoms with van der Waals surface area (Å²) in [5.74, 6) is 0.719. The Labute approximate surface area is 159 Å². The van der Waals surface area contributed by atoms with Crippen LogP contribution >= 0.6 is 0 Å². The molecule has 0 radical (unpaired) electrons. The number of hydrogen-bond acceptors (Lipinski definition) is 3. The predicted molar refractivity (Wildman–Crippen MR) is 103 cm³/mol. The number of nitrogens with one attached hydrogen (secondary N) is 2. The van der Waals surface area contributed by atoms with E-state index >= 15 is 0 Å². The summed E-state index contributed by atoms with van der Waals surface area (Å²) < 4.78 is 0. The van der Waals surface area contributed by atoms with Crippen molar-refractivity contribution >= 4 is 11.9 Å². The van der Waals surface area contributed by atoms with E-state index in [-0.39, 0.29) is 24.5 Å². The van der Waals surface area contributed by atoms with Gasteiger partial charge in [0.15, 0.2) is 0 Å². The zero-order valence-electron chi connectivity index (χ0n) is 15.7. The van der Waals surface area contributed by atoms with Gasteiger partial charge in [-0.25, -0.2) is 9.78 Å². The fraction of sp³-hybridized carbons (Fsp3) is 0.450. The second-order valence-electron chi connectivity index (χ2n) is 6.73. The summed E-state index contributed by atoms with van der Waals surface area (Å²) in [6.07, 6.45) is 6.38. The number of piperidine rings is 1. The number of urea groups is 1. The summed E-state index contributed by atoms with van der Waals surface area (Å²) in [6, 6.07) is 9.60. The zero-order valence-corrected chi connectivity index (χ0v) is 15.7. The van der Waals surface area contributed by atoms with Gasteiger partial charge in [0.25, 0.3) is 0 Å². The Morgan fingerprint density at radius 1 is 1.30 bits per heavy atom. The van der Waals surface area contributed by atoms with Crippen molar-refractivity contribution in [2.75, 3.05) is 19.6 Å². The van der Waals surface area contributed by atoms with Crippen molar-refractivity contribution in [2.24, 2.45) is 0 Å². The van der Waals surface area contributed by atoms with E-state index in [0.29, 0.717) is 19.6 Å². The van der Waals surface area contributed by atoms with E-state index < -0.39 is 0 Å². The summed E-state index contributed by atoms with van der Waals surface area (Å²) in [4.78, 5) is 36.2. The van der Waals surface area contributed by atoms with Gasteiger partial charge in [-0.05, 0) is 31.7 Å². The molecule has 1 atom stereocenters. The fourth-order valence-corrected chi connectivity index (χ4v) is 3.46. The number of rotatable bonds is 6. The number of imidazole rings is 1. The Balaban J connectivity index is 1.56. The third kappa shape index (κ3) is 4.87. The van der Waals surface area contributed by atoms with Crippen LogP contribution in [0, 0.1) is 0 Å². The fourth-order valence-electron chi connectivity index (χ4n) is 3.46. The Kier molecular flexibility index (Phi) is 6.46. The standard InChI is InChI=1S/C20H27N5O2/c1-2-24(15-16-8-4-3-5-9-16)18(26)14-23-20(27)25-13-7-6-10-17(25)19-21-11-12-22-19/h3-5,8-9,11-12,17H,2,6-7,10,13-15H2,1H3,(H,21,22)(H,23,27). The van der Waals surface area contributed by atoms with Crippen LogP contribution in [0.4, 0.5) is 4.79 Å². The number of nitrogens with zero attached hydrogens (tertiary/aromatic N) is 3. The lowest BCUT2D eigenvalue weighted by atomic mass is 10.0. The average molecular weight is 369 g/mol. The number of H-pyrrole nitrogens is 1. The van der Waals surface area contributed by atoms with Gasteiger partial charge < -0.3 is 20.1 Å². The maximum Gasteiger partial charge on any atom is 0.318 e. The second-order valence-corrected chi connectivity index (χ2v) is 6.73. The number of likely N-dealkylation sites (N-methyl/N-ethyl adjacent to an activating group) is 1. The highest BCUT2D eigenvalue weighted by Crippen LogP contribution is 2.28. The maximum atomic E-state index is 12.7. The van der Waals surface area contributed by atoms with Crippen LogP contribution in [0.2, 0.25) is 0 Å². The monoisotopic (exact) mass is 369 g/mol. The van der Waals surface area contributed by atoms with Crippen LogP contribution in [0.5, 0.6) is 0 Å². The van der Waals surface area contributed by atoms with E-state index in [4.69, 9.17) is 0 Å². The third-order valence-corrected chi connectivity index (χ3v) is 4.94. The smallest absolute Gasteiger partial charge is 0.318 e. The summed E-state index contributed by atoms with van der Waals surface area (Å²) in [6.45, 7) is 3.77. The molecule has 0 bridgehead atoms. The van der Waals surface area contributed by atoms with Gasteiger partial charge in [0.1, 0.15) is 5.82 Å². The van der Waals surface area contributed by atoms with Crippen molar-refractivity contribution < 1.29 is 9.59 Å². The van der Waals surface area contributed by atoms with E-state index in [2.05, 4.69) is 15.3 Å². The number of aromatic amines is 1. The van der Waals surface area contributed by atoms with Gasteiger partial charge in [-0.3, -0.25) is 4.79 Å². The highest BCUT2D eigenvalue weighted by molar-refractivity contribution is 5.84. The molecular formula is C20H27N5O2. The number of carbonyl (C=O) groups excluding carboxylic acids is 2. The van der Waals surface area contributed by atoms with Crippen molar-refractivity contribution in [1.29, 1.82) is 0 Å². The predicted octanol–water partition coefficient (Wildman–Crippen LogP) is 2.70. The Morgan fingerprint density at radius 2 is 2.11 bits per heavy atom. The highest BCUT2D eigenvalue weighted by Gasteiger charge is 2.29. The molecule has 1 aromatic carbocycles. The first-order valence-corrected chi connectivity index (χ1v) is 9.54. The molecule has 2 N–H and O–H groups in total. The van der Waals surface area contributed by atoms with Crippen molar-refractivity contribution in [2.45, 2.75) is 38.8 Å². The first-order valence-electron chi connectivity index (χ1n) is 9.54. The number of amides is 3. The second kappa shape index (κ2) is 9.21. The quantitative estimate of drug-likeness (QED) is 0.821. The largest absolute Gasteiger partial charge is 0.347 e. The van der Waals surface area contributed by atoms with Crippen molar-refractivity contribution in [1.82, 2.24) is 25.1 Å². The zero-order chi connectivity index (χ0) is 19.1. The lowest BCUT2D eigenvalue weighted by molar-refractivity contribution is -0.130. The van der Waals surface area contributed by atoms with Crippen molar-refractivity contribution in [3.63, 3.8) is 0 Å². The normalized spacial score (nSPS) is 16.8. The van der Waals surface area contributed by atoms with Gasteiger partial charge in [-0.1, -0.05) is 30.3 Å². The molecule has 0 spiro atoms. The molecule has 1 saturated heterocycles. The van der Waals surface area contributed by atoms with Crippen LogP contribution in [0.3, 0.4) is 0 Å². The molecule has 1 aliphatic rings. The minimum atomic E-state index is -0.208.